The molecule has 0 heterocycles. The third kappa shape index (κ3) is 4.47. The van der Waals surface area contributed by atoms with E-state index in [1.807, 2.05) is 12.1 Å². The second-order valence-corrected chi connectivity index (χ2v) is 4.38. The second-order valence-electron chi connectivity index (χ2n) is 4.38. The van der Waals surface area contributed by atoms with Crippen LogP contribution in [0.15, 0.2) is 24.3 Å². The van der Waals surface area contributed by atoms with Crippen molar-refractivity contribution in [1.29, 1.82) is 0 Å². The molecular formula is C14H20O2. The quantitative estimate of drug-likeness (QED) is 0.685. The van der Waals surface area contributed by atoms with Gasteiger partial charge < -0.3 is 9.53 Å². The van der Waals surface area contributed by atoms with Gasteiger partial charge in [-0.3, -0.25) is 0 Å². The Kier molecular flexibility index (Phi) is 5.03. The van der Waals surface area contributed by atoms with E-state index in [0.717, 1.165) is 12.2 Å². The monoisotopic (exact) mass is 220 g/mol. The molecule has 1 rings (SSSR count). The van der Waals surface area contributed by atoms with Crippen molar-refractivity contribution in [2.24, 2.45) is 0 Å². The zero-order valence-corrected chi connectivity index (χ0v) is 10.3. The van der Waals surface area contributed by atoms with Gasteiger partial charge in [0.05, 0.1) is 6.61 Å². The maximum absolute atomic E-state index is 10.7. The van der Waals surface area contributed by atoms with Crippen molar-refractivity contribution < 1.29 is 9.53 Å². The molecule has 2 heteroatoms. The van der Waals surface area contributed by atoms with E-state index in [-0.39, 0.29) is 5.78 Å². The highest BCUT2D eigenvalue weighted by Gasteiger charge is 2.01. The minimum atomic E-state index is 0.222. The lowest BCUT2D eigenvalue weighted by atomic mass is 10.0. The summed E-state index contributed by atoms with van der Waals surface area (Å²) in [4.78, 5) is 10.7. The first-order chi connectivity index (χ1) is 7.59. The maximum atomic E-state index is 10.7. The second kappa shape index (κ2) is 6.31. The van der Waals surface area contributed by atoms with Gasteiger partial charge in [0.15, 0.2) is 0 Å². The molecule has 0 saturated heterocycles. The zero-order chi connectivity index (χ0) is 12.0. The molecule has 0 atom stereocenters. The van der Waals surface area contributed by atoms with E-state index in [4.69, 9.17) is 4.74 Å². The Morgan fingerprint density at radius 1 is 1.38 bits per heavy atom. The Labute approximate surface area is 97.6 Å². The minimum Gasteiger partial charge on any atom is -0.494 e. The first-order valence-corrected chi connectivity index (χ1v) is 5.82. The van der Waals surface area contributed by atoms with E-state index in [1.54, 1.807) is 6.92 Å². The van der Waals surface area contributed by atoms with Crippen molar-refractivity contribution in [3.63, 3.8) is 0 Å². The number of ether oxygens (including phenoxy) is 1. The Bertz CT molecular complexity index is 342. The number of carbonyl (C=O) groups excluding carboxylic acids is 1. The van der Waals surface area contributed by atoms with Gasteiger partial charge in [-0.2, -0.15) is 0 Å². The van der Waals surface area contributed by atoms with Crippen molar-refractivity contribution in [2.75, 3.05) is 6.61 Å². The lowest BCUT2D eigenvalue weighted by molar-refractivity contribution is -0.117. The van der Waals surface area contributed by atoms with Crippen molar-refractivity contribution in [3.05, 3.63) is 29.8 Å². The normalized spacial score (nSPS) is 10.5. The van der Waals surface area contributed by atoms with Gasteiger partial charge >= 0.3 is 0 Å². The van der Waals surface area contributed by atoms with Crippen LogP contribution in [0.4, 0.5) is 0 Å². The van der Waals surface area contributed by atoms with Crippen LogP contribution in [0.2, 0.25) is 0 Å². The van der Waals surface area contributed by atoms with Crippen LogP contribution >= 0.6 is 0 Å². The standard InChI is InChI=1S/C14H20O2/c1-11(2)13-7-4-8-14(10-13)16-9-5-6-12(3)15/h4,7-8,10-11H,5-6,9H2,1-3H3. The Hall–Kier alpha value is -1.31. The van der Waals surface area contributed by atoms with Gasteiger partial charge in [-0.25, -0.2) is 0 Å². The third-order valence-electron chi connectivity index (χ3n) is 2.47. The Balaban J connectivity index is 2.42. The Morgan fingerprint density at radius 2 is 2.12 bits per heavy atom. The number of hydrogen-bond acceptors (Lipinski definition) is 2. The van der Waals surface area contributed by atoms with Crippen molar-refractivity contribution in [1.82, 2.24) is 0 Å². The summed E-state index contributed by atoms with van der Waals surface area (Å²) in [6.07, 6.45) is 1.39. The molecule has 1 aromatic carbocycles. The van der Waals surface area contributed by atoms with Crippen LogP contribution in [0.25, 0.3) is 0 Å². The number of benzene rings is 1. The summed E-state index contributed by atoms with van der Waals surface area (Å²) in [5.74, 6) is 1.63. The van der Waals surface area contributed by atoms with Crippen LogP contribution in [-0.4, -0.2) is 12.4 Å². The van der Waals surface area contributed by atoms with Crippen LogP contribution in [0, 0.1) is 0 Å². The molecule has 0 aliphatic rings. The molecule has 0 unspecified atom stereocenters. The summed E-state index contributed by atoms with van der Waals surface area (Å²) in [7, 11) is 0. The summed E-state index contributed by atoms with van der Waals surface area (Å²) in [6, 6.07) is 8.14. The lowest BCUT2D eigenvalue weighted by Gasteiger charge is -2.09. The average Bonchev–Trinajstić information content (AvgIpc) is 2.24. The van der Waals surface area contributed by atoms with Gasteiger partial charge in [-0.15, -0.1) is 0 Å². The molecule has 0 aromatic heterocycles. The molecule has 1 aromatic rings. The SMILES string of the molecule is CC(=O)CCCOc1cccc(C(C)C)c1. The van der Waals surface area contributed by atoms with E-state index in [1.165, 1.54) is 5.56 Å². The van der Waals surface area contributed by atoms with E-state index in [0.29, 0.717) is 18.9 Å². The molecule has 0 amide bonds. The summed E-state index contributed by atoms with van der Waals surface area (Å²) < 4.78 is 5.60. The fraction of sp³-hybridized carbons (Fsp3) is 0.500. The predicted molar refractivity (Wildman–Crippen MR) is 65.9 cm³/mol. The molecular weight excluding hydrogens is 200 g/mol. The fourth-order valence-electron chi connectivity index (χ4n) is 1.47. The van der Waals surface area contributed by atoms with Gasteiger partial charge in [0.25, 0.3) is 0 Å². The molecule has 0 radical (unpaired) electrons. The van der Waals surface area contributed by atoms with Gasteiger partial charge in [-0.1, -0.05) is 26.0 Å². The van der Waals surface area contributed by atoms with Crippen LogP contribution in [0.1, 0.15) is 45.1 Å². The fourth-order valence-corrected chi connectivity index (χ4v) is 1.47. The number of carbonyl (C=O) groups is 1. The molecule has 0 aliphatic heterocycles. The van der Waals surface area contributed by atoms with Crippen molar-refractivity contribution in [3.8, 4) is 5.75 Å². The summed E-state index contributed by atoms with van der Waals surface area (Å²) in [6.45, 7) is 6.55. The van der Waals surface area contributed by atoms with Crippen LogP contribution in [0.5, 0.6) is 5.75 Å². The largest absolute Gasteiger partial charge is 0.494 e. The zero-order valence-electron chi connectivity index (χ0n) is 10.3. The number of Topliss-reactive ketones (excluding diaryl/α,β-unsaturated/α-hetero) is 1. The maximum Gasteiger partial charge on any atom is 0.129 e. The molecule has 88 valence electrons. The molecule has 0 fully saturated rings. The molecule has 0 saturated carbocycles. The number of ketones is 1. The lowest BCUT2D eigenvalue weighted by Crippen LogP contribution is -2.00. The van der Waals surface area contributed by atoms with Crippen LogP contribution < -0.4 is 4.74 Å². The highest BCUT2D eigenvalue weighted by Crippen LogP contribution is 2.20. The van der Waals surface area contributed by atoms with E-state index in [2.05, 4.69) is 26.0 Å². The van der Waals surface area contributed by atoms with E-state index in [9.17, 15) is 4.79 Å². The van der Waals surface area contributed by atoms with E-state index >= 15 is 0 Å². The minimum absolute atomic E-state index is 0.222. The average molecular weight is 220 g/mol. The third-order valence-corrected chi connectivity index (χ3v) is 2.47. The molecule has 16 heavy (non-hydrogen) atoms. The summed E-state index contributed by atoms with van der Waals surface area (Å²) in [5.41, 5.74) is 1.28. The van der Waals surface area contributed by atoms with Crippen molar-refractivity contribution >= 4 is 5.78 Å². The highest BCUT2D eigenvalue weighted by molar-refractivity contribution is 5.75. The molecule has 2 nitrogen and oxygen atoms in total. The van der Waals surface area contributed by atoms with E-state index < -0.39 is 0 Å². The summed E-state index contributed by atoms with van der Waals surface area (Å²) >= 11 is 0. The van der Waals surface area contributed by atoms with Crippen LogP contribution in [0.3, 0.4) is 0 Å². The smallest absolute Gasteiger partial charge is 0.129 e. The molecule has 0 aliphatic carbocycles. The van der Waals surface area contributed by atoms with Gasteiger partial charge in [0.2, 0.25) is 0 Å². The van der Waals surface area contributed by atoms with Crippen molar-refractivity contribution in [2.45, 2.75) is 39.5 Å². The van der Waals surface area contributed by atoms with Gasteiger partial charge in [-0.05, 0) is 37.0 Å². The highest BCUT2D eigenvalue weighted by atomic mass is 16.5. The number of hydrogen-bond donors (Lipinski definition) is 0. The number of rotatable bonds is 6. The van der Waals surface area contributed by atoms with Crippen LogP contribution in [-0.2, 0) is 4.79 Å². The Morgan fingerprint density at radius 3 is 2.75 bits per heavy atom. The topological polar surface area (TPSA) is 26.3 Å². The molecule has 0 spiro atoms. The molecule has 0 bridgehead atoms. The molecule has 0 N–H and O–H groups in total. The summed E-state index contributed by atoms with van der Waals surface area (Å²) in [5, 5.41) is 0. The first kappa shape index (κ1) is 12.8. The predicted octanol–water partition coefficient (Wildman–Crippen LogP) is 3.56. The van der Waals surface area contributed by atoms with Gasteiger partial charge in [0, 0.05) is 6.42 Å². The first-order valence-electron chi connectivity index (χ1n) is 5.82. The van der Waals surface area contributed by atoms with Gasteiger partial charge in [0.1, 0.15) is 11.5 Å².